The summed E-state index contributed by atoms with van der Waals surface area (Å²) in [6, 6.07) is 17.8. The lowest BCUT2D eigenvalue weighted by atomic mass is 10.2. The zero-order valence-electron chi connectivity index (χ0n) is 16.5. The van der Waals surface area contributed by atoms with Gasteiger partial charge in [-0.25, -0.2) is 4.90 Å². The predicted octanol–water partition coefficient (Wildman–Crippen LogP) is 4.55. The summed E-state index contributed by atoms with van der Waals surface area (Å²) < 4.78 is 10.7. The van der Waals surface area contributed by atoms with Gasteiger partial charge in [-0.05, 0) is 54.8 Å². The largest absolute Gasteiger partial charge is 0.497 e. The Morgan fingerprint density at radius 2 is 1.77 bits per heavy atom. The quantitative estimate of drug-likeness (QED) is 0.568. The Morgan fingerprint density at radius 1 is 0.967 bits per heavy atom. The van der Waals surface area contributed by atoms with Gasteiger partial charge in [0.2, 0.25) is 0 Å². The molecule has 0 bridgehead atoms. The van der Waals surface area contributed by atoms with Crippen LogP contribution in [0.2, 0.25) is 0 Å². The molecular weight excluding hydrogens is 400 g/mol. The third-order valence-corrected chi connectivity index (χ3v) is 5.48. The van der Waals surface area contributed by atoms with Gasteiger partial charge in [0.1, 0.15) is 17.2 Å². The summed E-state index contributed by atoms with van der Waals surface area (Å²) in [5.74, 6) is 0.562. The zero-order chi connectivity index (χ0) is 21.1. The van der Waals surface area contributed by atoms with Gasteiger partial charge in [0.15, 0.2) is 0 Å². The number of imide groups is 1. The number of methoxy groups -OCH3 is 1. The van der Waals surface area contributed by atoms with E-state index in [1.54, 1.807) is 37.4 Å². The van der Waals surface area contributed by atoms with Crippen molar-refractivity contribution in [2.45, 2.75) is 6.92 Å². The van der Waals surface area contributed by atoms with Crippen LogP contribution >= 0.6 is 11.3 Å². The highest BCUT2D eigenvalue weighted by atomic mass is 32.1. The van der Waals surface area contributed by atoms with Crippen LogP contribution in [0.25, 0.3) is 5.57 Å². The summed E-state index contributed by atoms with van der Waals surface area (Å²) in [6.07, 6.45) is 0. The first kappa shape index (κ1) is 19.7. The van der Waals surface area contributed by atoms with E-state index in [0.717, 1.165) is 4.88 Å². The molecule has 4 rings (SSSR count). The lowest BCUT2D eigenvalue weighted by Crippen LogP contribution is -2.32. The SMILES string of the molecule is CCOc1ccc(N2C(=O)C(Nc3cccc(OC)c3)=C(c3cccs3)C2=O)cc1. The average molecular weight is 420 g/mol. The third kappa shape index (κ3) is 3.67. The molecule has 0 aliphatic carbocycles. The number of amides is 2. The monoisotopic (exact) mass is 420 g/mol. The van der Waals surface area contributed by atoms with Crippen molar-refractivity contribution < 1.29 is 19.1 Å². The molecule has 0 atom stereocenters. The zero-order valence-corrected chi connectivity index (χ0v) is 17.4. The Balaban J connectivity index is 1.73. The molecule has 0 unspecified atom stereocenters. The number of ether oxygens (including phenoxy) is 2. The smallest absolute Gasteiger partial charge is 0.282 e. The highest BCUT2D eigenvalue weighted by Gasteiger charge is 2.40. The van der Waals surface area contributed by atoms with E-state index < -0.39 is 5.91 Å². The number of carbonyl (C=O) groups is 2. The van der Waals surface area contributed by atoms with Gasteiger partial charge in [-0.3, -0.25) is 9.59 Å². The van der Waals surface area contributed by atoms with E-state index in [1.807, 2.05) is 42.6 Å². The van der Waals surface area contributed by atoms with E-state index in [1.165, 1.54) is 16.2 Å². The summed E-state index contributed by atoms with van der Waals surface area (Å²) in [5.41, 5.74) is 1.74. The number of carbonyl (C=O) groups excluding carboxylic acids is 2. The van der Waals surface area contributed by atoms with Crippen molar-refractivity contribution in [3.63, 3.8) is 0 Å². The van der Waals surface area contributed by atoms with E-state index in [4.69, 9.17) is 9.47 Å². The van der Waals surface area contributed by atoms with Gasteiger partial charge in [0.05, 0.1) is 25.0 Å². The second kappa shape index (κ2) is 8.42. The number of nitrogens with one attached hydrogen (secondary N) is 1. The van der Waals surface area contributed by atoms with Gasteiger partial charge in [0.25, 0.3) is 11.8 Å². The molecule has 3 aromatic rings. The molecule has 1 aromatic heterocycles. The fourth-order valence-corrected chi connectivity index (χ4v) is 4.00. The summed E-state index contributed by atoms with van der Waals surface area (Å²) in [5, 5.41) is 5.01. The van der Waals surface area contributed by atoms with E-state index in [-0.39, 0.29) is 11.6 Å². The Morgan fingerprint density at radius 3 is 2.43 bits per heavy atom. The molecule has 1 aliphatic rings. The molecule has 0 saturated carbocycles. The number of anilines is 2. The minimum atomic E-state index is -0.407. The predicted molar refractivity (Wildman–Crippen MR) is 118 cm³/mol. The molecule has 0 saturated heterocycles. The summed E-state index contributed by atoms with van der Waals surface area (Å²) in [6.45, 7) is 2.44. The van der Waals surface area contributed by atoms with Gasteiger partial charge in [-0.2, -0.15) is 0 Å². The highest BCUT2D eigenvalue weighted by molar-refractivity contribution is 7.11. The van der Waals surface area contributed by atoms with Crippen LogP contribution in [0, 0.1) is 0 Å². The molecule has 7 heteroatoms. The van der Waals surface area contributed by atoms with Gasteiger partial charge in [0, 0.05) is 16.6 Å². The Hall–Kier alpha value is -3.58. The highest BCUT2D eigenvalue weighted by Crippen LogP contribution is 2.36. The van der Waals surface area contributed by atoms with Gasteiger partial charge < -0.3 is 14.8 Å². The van der Waals surface area contributed by atoms with Crippen LogP contribution in [-0.4, -0.2) is 25.5 Å². The summed E-state index contributed by atoms with van der Waals surface area (Å²) >= 11 is 1.41. The second-order valence-corrected chi connectivity index (χ2v) is 7.40. The maximum Gasteiger partial charge on any atom is 0.282 e. The van der Waals surface area contributed by atoms with Crippen molar-refractivity contribution in [2.75, 3.05) is 23.9 Å². The van der Waals surface area contributed by atoms with E-state index in [9.17, 15) is 9.59 Å². The minimum absolute atomic E-state index is 0.240. The molecule has 30 heavy (non-hydrogen) atoms. The van der Waals surface area contributed by atoms with Crippen LogP contribution in [0.5, 0.6) is 11.5 Å². The minimum Gasteiger partial charge on any atom is -0.497 e. The summed E-state index contributed by atoms with van der Waals surface area (Å²) in [4.78, 5) is 28.5. The van der Waals surface area contributed by atoms with Crippen molar-refractivity contribution in [1.29, 1.82) is 0 Å². The fourth-order valence-electron chi connectivity index (χ4n) is 3.23. The number of nitrogens with zero attached hydrogens (tertiary/aromatic N) is 1. The molecule has 2 aromatic carbocycles. The molecule has 2 amide bonds. The average Bonchev–Trinajstić information content (AvgIpc) is 3.36. The number of thiophene rings is 1. The van der Waals surface area contributed by atoms with Crippen LogP contribution in [0.3, 0.4) is 0 Å². The molecule has 1 N–H and O–H groups in total. The lowest BCUT2D eigenvalue weighted by Gasteiger charge is -2.16. The summed E-state index contributed by atoms with van der Waals surface area (Å²) in [7, 11) is 1.58. The van der Waals surface area contributed by atoms with Crippen LogP contribution < -0.4 is 19.7 Å². The van der Waals surface area contributed by atoms with Crippen molar-refractivity contribution in [3.8, 4) is 11.5 Å². The first-order chi connectivity index (χ1) is 14.6. The normalized spacial score (nSPS) is 13.7. The Labute approximate surface area is 178 Å². The molecule has 6 nitrogen and oxygen atoms in total. The first-order valence-corrected chi connectivity index (χ1v) is 10.3. The maximum atomic E-state index is 13.3. The standard InChI is InChI=1S/C23H20N2O4S/c1-3-29-17-11-9-16(10-12-17)25-22(26)20(19-8-5-13-30-19)21(23(25)27)24-15-6-4-7-18(14-15)28-2/h4-14,24H,3H2,1-2H3. The lowest BCUT2D eigenvalue weighted by molar-refractivity contribution is -0.120. The van der Waals surface area contributed by atoms with Crippen molar-refractivity contribution >= 4 is 40.1 Å². The third-order valence-electron chi connectivity index (χ3n) is 4.60. The topological polar surface area (TPSA) is 67.9 Å². The van der Waals surface area contributed by atoms with E-state index >= 15 is 0 Å². The van der Waals surface area contributed by atoms with Crippen molar-refractivity contribution in [3.05, 3.63) is 76.6 Å². The molecule has 0 radical (unpaired) electrons. The number of hydrogen-bond donors (Lipinski definition) is 1. The maximum absolute atomic E-state index is 13.3. The van der Waals surface area contributed by atoms with Crippen LogP contribution in [-0.2, 0) is 9.59 Å². The van der Waals surface area contributed by atoms with E-state index in [0.29, 0.717) is 35.1 Å². The fraction of sp³-hybridized carbons (Fsp3) is 0.130. The molecular formula is C23H20N2O4S. The number of rotatable bonds is 7. The van der Waals surface area contributed by atoms with Crippen molar-refractivity contribution in [1.82, 2.24) is 0 Å². The molecule has 2 heterocycles. The van der Waals surface area contributed by atoms with Crippen LogP contribution in [0.1, 0.15) is 11.8 Å². The molecule has 0 spiro atoms. The Kier molecular flexibility index (Phi) is 5.54. The molecule has 0 fully saturated rings. The van der Waals surface area contributed by atoms with Crippen molar-refractivity contribution in [2.24, 2.45) is 0 Å². The Bertz CT molecular complexity index is 1100. The first-order valence-electron chi connectivity index (χ1n) is 9.43. The van der Waals surface area contributed by atoms with Gasteiger partial charge >= 0.3 is 0 Å². The van der Waals surface area contributed by atoms with Gasteiger partial charge in [-0.15, -0.1) is 11.3 Å². The number of hydrogen-bond acceptors (Lipinski definition) is 6. The van der Waals surface area contributed by atoms with Crippen LogP contribution in [0.15, 0.2) is 71.7 Å². The van der Waals surface area contributed by atoms with Gasteiger partial charge in [-0.1, -0.05) is 12.1 Å². The molecule has 1 aliphatic heterocycles. The van der Waals surface area contributed by atoms with Crippen LogP contribution in [0.4, 0.5) is 11.4 Å². The number of benzene rings is 2. The van der Waals surface area contributed by atoms with E-state index in [2.05, 4.69) is 5.32 Å². The molecule has 152 valence electrons. The second-order valence-electron chi connectivity index (χ2n) is 6.46.